The van der Waals surface area contributed by atoms with Gasteiger partial charge >= 0.3 is 103 Å². The number of rotatable bonds is 6. The maximum atomic E-state index is 10.6. The first-order valence-electron chi connectivity index (χ1n) is 6.43. The monoisotopic (exact) mass is 464 g/mol. The molecule has 13 heteroatoms. The Hall–Kier alpha value is 0.673. The van der Waals surface area contributed by atoms with Crippen molar-refractivity contribution in [2.45, 2.75) is 0 Å². The molecule has 2 aromatic carbocycles. The van der Waals surface area contributed by atoms with Crippen LogP contribution in [0.25, 0.3) is 12.2 Å². The minimum absolute atomic E-state index is 0. The molecule has 0 saturated carbocycles. The Bertz CT molecular complexity index is 1000. The zero-order valence-electron chi connectivity index (χ0n) is 14.2. The van der Waals surface area contributed by atoms with Gasteiger partial charge in [0.15, 0.2) is 0 Å². The average molecular weight is 465 g/mol. The predicted molar refractivity (Wildman–Crippen MR) is 84.1 cm³/mol. The van der Waals surface area contributed by atoms with Gasteiger partial charge in [0.05, 0.1) is 0 Å². The molecular formula is C14H10K2O9S2. The van der Waals surface area contributed by atoms with Gasteiger partial charge in [-0.25, -0.2) is 16.8 Å². The normalized spacial score (nSPS) is 11.3. The molecule has 0 bridgehead atoms. The molecule has 0 aliphatic carbocycles. The van der Waals surface area contributed by atoms with E-state index in [4.69, 9.17) is 0 Å². The summed E-state index contributed by atoms with van der Waals surface area (Å²) in [5, 5.41) is 9.52. The molecule has 1 N–H and O–H groups in total. The van der Waals surface area contributed by atoms with E-state index in [1.165, 1.54) is 42.5 Å². The van der Waals surface area contributed by atoms with Crippen molar-refractivity contribution in [1.82, 2.24) is 0 Å². The molecule has 0 saturated heterocycles. The van der Waals surface area contributed by atoms with Gasteiger partial charge in [-0.1, -0.05) is 24.3 Å². The molecule has 0 amide bonds. The van der Waals surface area contributed by atoms with Crippen LogP contribution < -0.4 is 111 Å². The summed E-state index contributed by atoms with van der Waals surface area (Å²) >= 11 is 0. The Morgan fingerprint density at radius 3 is 1.74 bits per heavy atom. The van der Waals surface area contributed by atoms with Crippen LogP contribution in [0.2, 0.25) is 0 Å². The van der Waals surface area contributed by atoms with Crippen LogP contribution in [-0.2, 0) is 20.8 Å². The number of benzene rings is 2. The van der Waals surface area contributed by atoms with Gasteiger partial charge in [-0.05, 0) is 35.4 Å². The van der Waals surface area contributed by atoms with Crippen LogP contribution >= 0.6 is 0 Å². The summed E-state index contributed by atoms with van der Waals surface area (Å²) in [5.74, 6) is -0.815. The summed E-state index contributed by atoms with van der Waals surface area (Å²) < 4.78 is 71.4. The van der Waals surface area contributed by atoms with E-state index in [9.17, 15) is 31.0 Å². The molecule has 0 radical (unpaired) electrons. The predicted octanol–water partition coefficient (Wildman–Crippen LogP) is -4.75. The van der Waals surface area contributed by atoms with Gasteiger partial charge in [-0.15, -0.1) is 0 Å². The molecule has 0 heterocycles. The molecule has 0 aliphatic rings. The number of aromatic hydroxyl groups is 1. The van der Waals surface area contributed by atoms with Crippen molar-refractivity contribution >= 4 is 33.0 Å². The van der Waals surface area contributed by atoms with E-state index in [1.807, 2.05) is 0 Å². The fourth-order valence-electron chi connectivity index (χ4n) is 1.81. The molecule has 0 atom stereocenters. The topological polar surface area (TPSA) is 153 Å². The average Bonchev–Trinajstić information content (AvgIpc) is 2.42. The number of phenols is 1. The van der Waals surface area contributed by atoms with Crippen LogP contribution in [0.4, 0.5) is 0 Å². The van der Waals surface area contributed by atoms with Crippen molar-refractivity contribution < 1.29 is 142 Å². The van der Waals surface area contributed by atoms with Crippen LogP contribution in [0.15, 0.2) is 42.5 Å². The Labute approximate surface area is 241 Å². The van der Waals surface area contributed by atoms with Crippen LogP contribution in [-0.4, -0.2) is 31.0 Å². The van der Waals surface area contributed by atoms with Crippen LogP contribution in [0.1, 0.15) is 11.1 Å². The Balaban J connectivity index is 0.00000338. The molecular weight excluding hydrogens is 454 g/mol. The summed E-state index contributed by atoms with van der Waals surface area (Å²) in [5.41, 5.74) is 0.916. The van der Waals surface area contributed by atoms with Crippen molar-refractivity contribution in [3.63, 3.8) is 0 Å². The second-order valence-corrected chi connectivity index (χ2v) is 6.61. The molecule has 0 aromatic heterocycles. The summed E-state index contributed by atoms with van der Waals surface area (Å²) in [4.78, 5) is 0. The zero-order valence-corrected chi connectivity index (χ0v) is 22.1. The van der Waals surface area contributed by atoms with Crippen molar-refractivity contribution in [3.8, 4) is 17.2 Å². The molecule has 0 fully saturated rings. The van der Waals surface area contributed by atoms with Crippen molar-refractivity contribution in [3.05, 3.63) is 53.6 Å². The van der Waals surface area contributed by atoms with E-state index < -0.39 is 20.8 Å². The molecule has 2 rings (SSSR count). The van der Waals surface area contributed by atoms with E-state index >= 15 is 0 Å². The number of hydrogen-bond donors (Lipinski definition) is 1. The van der Waals surface area contributed by atoms with E-state index in [2.05, 4.69) is 8.37 Å². The third kappa shape index (κ3) is 11.4. The second-order valence-electron chi connectivity index (χ2n) is 4.65. The van der Waals surface area contributed by atoms with E-state index in [1.54, 1.807) is 6.08 Å². The van der Waals surface area contributed by atoms with Crippen LogP contribution in [0, 0.1) is 0 Å². The van der Waals surface area contributed by atoms with Crippen LogP contribution in [0.5, 0.6) is 17.2 Å². The Morgan fingerprint density at radius 2 is 1.22 bits per heavy atom. The van der Waals surface area contributed by atoms with E-state index in [-0.39, 0.29) is 120 Å². The molecule has 0 spiro atoms. The summed E-state index contributed by atoms with van der Waals surface area (Å²) in [6.07, 6.45) is 3.02. The third-order valence-electron chi connectivity index (χ3n) is 2.66. The molecule has 0 aliphatic heterocycles. The summed E-state index contributed by atoms with van der Waals surface area (Å²) in [7, 11) is -9.83. The fourth-order valence-corrected chi connectivity index (χ4v) is 2.49. The molecule has 2 aromatic rings. The van der Waals surface area contributed by atoms with E-state index in [0.717, 1.165) is 6.07 Å². The largest absolute Gasteiger partial charge is 1.00 e. The summed E-state index contributed by atoms with van der Waals surface area (Å²) in [6, 6.07) is 8.91. The smallest absolute Gasteiger partial charge is 0.716 e. The van der Waals surface area contributed by atoms with Gasteiger partial charge in [0, 0.05) is 6.07 Å². The van der Waals surface area contributed by atoms with Gasteiger partial charge < -0.3 is 22.6 Å². The minimum Gasteiger partial charge on any atom is -0.716 e. The van der Waals surface area contributed by atoms with Gasteiger partial charge in [0.25, 0.3) is 20.8 Å². The molecule has 9 nitrogen and oxygen atoms in total. The SMILES string of the molecule is O=S(=O)([O-])Oc1ccc(/C=C/c2cc(O)cc(OS(=O)(=O)[O-])c2)cc1.[K+].[K+]. The molecule has 0 unspecified atom stereocenters. The van der Waals surface area contributed by atoms with Crippen molar-refractivity contribution in [2.75, 3.05) is 0 Å². The Kier molecular flexibility index (Phi) is 12.0. The minimum atomic E-state index is -4.97. The van der Waals surface area contributed by atoms with Crippen molar-refractivity contribution in [2.24, 2.45) is 0 Å². The van der Waals surface area contributed by atoms with Gasteiger partial charge in [-0.3, -0.25) is 0 Å². The molecule has 134 valence electrons. The number of phenolic OH excluding ortho intramolecular Hbond substituents is 1. The van der Waals surface area contributed by atoms with Gasteiger partial charge in [-0.2, -0.15) is 0 Å². The zero-order chi connectivity index (χ0) is 18.7. The van der Waals surface area contributed by atoms with Crippen LogP contribution in [0.3, 0.4) is 0 Å². The number of hydrogen-bond acceptors (Lipinski definition) is 9. The first kappa shape index (κ1) is 27.7. The first-order chi connectivity index (χ1) is 11.5. The third-order valence-corrected chi connectivity index (χ3v) is 3.45. The first-order valence-corrected chi connectivity index (χ1v) is 9.10. The maximum Gasteiger partial charge on any atom is 1.00 e. The Morgan fingerprint density at radius 1 is 0.741 bits per heavy atom. The summed E-state index contributed by atoms with van der Waals surface area (Å²) in [6.45, 7) is 0. The maximum absolute atomic E-state index is 10.6. The van der Waals surface area contributed by atoms with Crippen molar-refractivity contribution in [1.29, 1.82) is 0 Å². The fraction of sp³-hybridized carbons (Fsp3) is 0. The van der Waals surface area contributed by atoms with Gasteiger partial charge in [0.2, 0.25) is 0 Å². The molecule has 27 heavy (non-hydrogen) atoms. The quantitative estimate of drug-likeness (QED) is 0.192. The van der Waals surface area contributed by atoms with E-state index in [0.29, 0.717) is 11.1 Å². The standard InChI is InChI=1S/C14H12O9S2.2K/c15-12-7-11(8-14(9-12)23-25(19,20)21)2-1-10-3-5-13(6-4-10)22-24(16,17)18;;/h1-9,15H,(H,16,17,18)(H,19,20,21);;/q;2*+1/p-2/b2-1+;;. The van der Waals surface area contributed by atoms with Gasteiger partial charge in [0.1, 0.15) is 17.2 Å². The second kappa shape index (κ2) is 11.8.